The molecule has 3 aromatic rings. The molecule has 0 aliphatic heterocycles. The predicted molar refractivity (Wildman–Crippen MR) is 96.7 cm³/mol. The molecule has 5 nitrogen and oxygen atoms in total. The molecule has 24 heavy (non-hydrogen) atoms. The van der Waals surface area contributed by atoms with Crippen LogP contribution in [0.4, 0.5) is 0 Å². The van der Waals surface area contributed by atoms with Gasteiger partial charge in [0.05, 0.1) is 11.0 Å². The van der Waals surface area contributed by atoms with Gasteiger partial charge in [-0.15, -0.1) is 0 Å². The molecule has 1 aromatic heterocycles. The van der Waals surface area contributed by atoms with E-state index < -0.39 is 0 Å². The minimum Gasteiger partial charge on any atom is -0.350 e. The van der Waals surface area contributed by atoms with Crippen molar-refractivity contribution in [1.29, 1.82) is 0 Å². The van der Waals surface area contributed by atoms with E-state index in [0.29, 0.717) is 23.3 Å². The molecule has 0 unspecified atom stereocenters. The highest BCUT2D eigenvalue weighted by molar-refractivity contribution is 9.10. The number of hydrogen-bond acceptors (Lipinski definition) is 3. The average Bonchev–Trinajstić information content (AvgIpc) is 2.57. The van der Waals surface area contributed by atoms with Gasteiger partial charge < -0.3 is 5.32 Å². The molecule has 0 atom stereocenters. The average molecular weight is 386 g/mol. The van der Waals surface area contributed by atoms with Crippen molar-refractivity contribution in [2.24, 2.45) is 0 Å². The molecule has 0 saturated carbocycles. The molecule has 3 rings (SSSR count). The van der Waals surface area contributed by atoms with E-state index in [4.69, 9.17) is 0 Å². The second-order valence-corrected chi connectivity index (χ2v) is 6.40. The van der Waals surface area contributed by atoms with Crippen LogP contribution in [0, 0.1) is 6.92 Å². The van der Waals surface area contributed by atoms with E-state index in [2.05, 4.69) is 26.2 Å². The maximum absolute atomic E-state index is 12.4. The summed E-state index contributed by atoms with van der Waals surface area (Å²) in [4.78, 5) is 28.9. The third-order valence-electron chi connectivity index (χ3n) is 3.70. The zero-order chi connectivity index (χ0) is 17.1. The molecule has 0 radical (unpaired) electrons. The SMILES string of the molecule is Cc1nc2ccccc2n(CC(=O)NCc2cccc(Br)c2)c1=O. The lowest BCUT2D eigenvalue weighted by Gasteiger charge is -2.11. The summed E-state index contributed by atoms with van der Waals surface area (Å²) in [6.45, 7) is 2.04. The summed E-state index contributed by atoms with van der Waals surface area (Å²) >= 11 is 3.40. The number of rotatable bonds is 4. The number of aryl methyl sites for hydroxylation is 1. The number of aromatic nitrogens is 2. The van der Waals surface area contributed by atoms with Gasteiger partial charge in [-0.05, 0) is 36.8 Å². The highest BCUT2D eigenvalue weighted by Crippen LogP contribution is 2.12. The maximum atomic E-state index is 12.4. The Kier molecular flexibility index (Phi) is 4.76. The summed E-state index contributed by atoms with van der Waals surface area (Å²) < 4.78 is 2.43. The molecule has 0 spiro atoms. The van der Waals surface area contributed by atoms with Crippen LogP contribution in [0.2, 0.25) is 0 Å². The molecule has 6 heteroatoms. The minimum atomic E-state index is -0.244. The van der Waals surface area contributed by atoms with Crippen LogP contribution in [0.3, 0.4) is 0 Å². The molecule has 0 fully saturated rings. The van der Waals surface area contributed by atoms with Gasteiger partial charge in [0.2, 0.25) is 5.91 Å². The molecule has 122 valence electrons. The van der Waals surface area contributed by atoms with E-state index in [1.807, 2.05) is 42.5 Å². The molecular weight excluding hydrogens is 370 g/mol. The molecule has 2 aromatic carbocycles. The number of para-hydroxylation sites is 2. The van der Waals surface area contributed by atoms with Crippen LogP contribution in [0.15, 0.2) is 57.8 Å². The van der Waals surface area contributed by atoms with Gasteiger partial charge in [0.15, 0.2) is 0 Å². The van der Waals surface area contributed by atoms with Crippen molar-refractivity contribution in [2.45, 2.75) is 20.0 Å². The number of benzene rings is 2. The van der Waals surface area contributed by atoms with Crippen molar-refractivity contribution in [3.63, 3.8) is 0 Å². The molecule has 0 aliphatic rings. The molecule has 1 N–H and O–H groups in total. The van der Waals surface area contributed by atoms with Crippen LogP contribution in [-0.2, 0) is 17.9 Å². The Bertz CT molecular complexity index is 966. The summed E-state index contributed by atoms with van der Waals surface area (Å²) in [5, 5.41) is 2.85. The number of carbonyl (C=O) groups is 1. The summed E-state index contributed by atoms with van der Waals surface area (Å²) in [5.41, 5.74) is 2.49. The molecule has 0 bridgehead atoms. The fourth-order valence-corrected chi connectivity index (χ4v) is 2.97. The first-order valence-electron chi connectivity index (χ1n) is 7.52. The monoisotopic (exact) mass is 385 g/mol. The topological polar surface area (TPSA) is 64.0 Å². The van der Waals surface area contributed by atoms with Gasteiger partial charge in [0.25, 0.3) is 5.56 Å². The third-order valence-corrected chi connectivity index (χ3v) is 4.19. The Hall–Kier alpha value is -2.47. The number of halogens is 1. The fraction of sp³-hybridized carbons (Fsp3) is 0.167. The number of fused-ring (bicyclic) bond motifs is 1. The Labute approximate surface area is 147 Å². The van der Waals surface area contributed by atoms with Crippen molar-refractivity contribution in [1.82, 2.24) is 14.9 Å². The lowest BCUT2D eigenvalue weighted by atomic mass is 10.2. The van der Waals surface area contributed by atoms with Crippen molar-refractivity contribution in [3.05, 3.63) is 74.6 Å². The number of hydrogen-bond donors (Lipinski definition) is 1. The standard InChI is InChI=1S/C18H16BrN3O2/c1-12-18(24)22(16-8-3-2-7-15(16)21-12)11-17(23)20-10-13-5-4-6-14(19)9-13/h2-9H,10-11H2,1H3,(H,20,23). The quantitative estimate of drug-likeness (QED) is 0.750. The van der Waals surface area contributed by atoms with E-state index >= 15 is 0 Å². The first-order chi connectivity index (χ1) is 11.5. The first kappa shape index (κ1) is 16.4. The smallest absolute Gasteiger partial charge is 0.272 e. The van der Waals surface area contributed by atoms with Gasteiger partial charge in [0.1, 0.15) is 12.2 Å². The molecular formula is C18H16BrN3O2. The number of nitrogens with one attached hydrogen (secondary N) is 1. The van der Waals surface area contributed by atoms with Crippen LogP contribution >= 0.6 is 15.9 Å². The Morgan fingerprint density at radius 2 is 2.00 bits per heavy atom. The van der Waals surface area contributed by atoms with Crippen molar-refractivity contribution < 1.29 is 4.79 Å². The second kappa shape index (κ2) is 6.97. The largest absolute Gasteiger partial charge is 0.350 e. The van der Waals surface area contributed by atoms with Gasteiger partial charge in [-0.25, -0.2) is 4.98 Å². The Morgan fingerprint density at radius 3 is 2.79 bits per heavy atom. The van der Waals surface area contributed by atoms with Gasteiger partial charge in [-0.1, -0.05) is 40.2 Å². The predicted octanol–water partition coefficient (Wildman–Crippen LogP) is 2.78. The van der Waals surface area contributed by atoms with E-state index in [-0.39, 0.29) is 18.0 Å². The second-order valence-electron chi connectivity index (χ2n) is 5.48. The minimum absolute atomic E-state index is 0.0310. The summed E-state index contributed by atoms with van der Waals surface area (Å²) in [7, 11) is 0. The zero-order valence-electron chi connectivity index (χ0n) is 13.1. The van der Waals surface area contributed by atoms with E-state index in [9.17, 15) is 9.59 Å². The van der Waals surface area contributed by atoms with E-state index in [0.717, 1.165) is 10.0 Å². The first-order valence-corrected chi connectivity index (χ1v) is 8.31. The summed E-state index contributed by atoms with van der Waals surface area (Å²) in [6.07, 6.45) is 0. The Balaban J connectivity index is 1.80. The summed E-state index contributed by atoms with van der Waals surface area (Å²) in [6, 6.07) is 15.0. The van der Waals surface area contributed by atoms with Crippen LogP contribution in [0.5, 0.6) is 0 Å². The van der Waals surface area contributed by atoms with Crippen molar-refractivity contribution in [2.75, 3.05) is 0 Å². The lowest BCUT2D eigenvalue weighted by Crippen LogP contribution is -2.33. The lowest BCUT2D eigenvalue weighted by molar-refractivity contribution is -0.121. The maximum Gasteiger partial charge on any atom is 0.272 e. The number of carbonyl (C=O) groups excluding carboxylic acids is 1. The van der Waals surface area contributed by atoms with Crippen LogP contribution in [0.25, 0.3) is 11.0 Å². The van der Waals surface area contributed by atoms with E-state index in [1.54, 1.807) is 13.0 Å². The zero-order valence-corrected chi connectivity index (χ0v) is 14.7. The van der Waals surface area contributed by atoms with Gasteiger partial charge in [0, 0.05) is 11.0 Å². The molecule has 1 heterocycles. The summed E-state index contributed by atoms with van der Waals surface area (Å²) in [5.74, 6) is -0.215. The van der Waals surface area contributed by atoms with Crippen molar-refractivity contribution >= 4 is 32.9 Å². The number of nitrogens with zero attached hydrogens (tertiary/aromatic N) is 2. The van der Waals surface area contributed by atoms with Crippen LogP contribution in [-0.4, -0.2) is 15.5 Å². The highest BCUT2D eigenvalue weighted by Gasteiger charge is 2.11. The fourth-order valence-electron chi connectivity index (χ4n) is 2.52. The van der Waals surface area contributed by atoms with Crippen LogP contribution in [0.1, 0.15) is 11.3 Å². The third kappa shape index (κ3) is 3.54. The number of amides is 1. The Morgan fingerprint density at radius 1 is 1.21 bits per heavy atom. The normalized spacial score (nSPS) is 10.8. The highest BCUT2D eigenvalue weighted by atomic mass is 79.9. The van der Waals surface area contributed by atoms with Crippen molar-refractivity contribution in [3.8, 4) is 0 Å². The van der Waals surface area contributed by atoms with Gasteiger partial charge in [-0.3, -0.25) is 14.2 Å². The van der Waals surface area contributed by atoms with E-state index in [1.165, 1.54) is 4.57 Å². The molecule has 1 amide bonds. The van der Waals surface area contributed by atoms with Crippen LogP contribution < -0.4 is 10.9 Å². The van der Waals surface area contributed by atoms with Gasteiger partial charge >= 0.3 is 0 Å². The van der Waals surface area contributed by atoms with Gasteiger partial charge in [-0.2, -0.15) is 0 Å². The molecule has 0 saturated heterocycles. The molecule has 0 aliphatic carbocycles.